The summed E-state index contributed by atoms with van der Waals surface area (Å²) in [6.07, 6.45) is 2.23. The summed E-state index contributed by atoms with van der Waals surface area (Å²) in [7, 11) is 1.33. The quantitative estimate of drug-likeness (QED) is 0.700. The van der Waals surface area contributed by atoms with Gasteiger partial charge in [0.05, 0.1) is 12.0 Å². The van der Waals surface area contributed by atoms with Gasteiger partial charge in [-0.25, -0.2) is 4.79 Å². The number of esters is 1. The normalized spacial score (nSPS) is 12.1. The lowest BCUT2D eigenvalue weighted by atomic mass is 10.0. The van der Waals surface area contributed by atoms with Gasteiger partial charge in [-0.15, -0.1) is 11.3 Å². The number of nitrogens with one attached hydrogen (secondary N) is 2. The van der Waals surface area contributed by atoms with Crippen LogP contribution in [0.4, 0.5) is 0 Å². The molecule has 1 atom stereocenters. The van der Waals surface area contributed by atoms with Gasteiger partial charge in [0.2, 0.25) is 0 Å². The third kappa shape index (κ3) is 3.19. The molecule has 0 spiro atoms. The van der Waals surface area contributed by atoms with E-state index in [1.165, 1.54) is 18.4 Å². The number of para-hydroxylation sites is 1. The molecule has 0 saturated heterocycles. The minimum atomic E-state index is -0.733. The van der Waals surface area contributed by atoms with Crippen LogP contribution in [0.3, 0.4) is 0 Å². The summed E-state index contributed by atoms with van der Waals surface area (Å²) in [5.74, 6) is -0.708. The van der Waals surface area contributed by atoms with Crippen molar-refractivity contribution in [1.82, 2.24) is 10.3 Å². The molecule has 3 rings (SSSR count). The molecule has 124 valence electrons. The molecule has 1 unspecified atom stereocenters. The van der Waals surface area contributed by atoms with Crippen LogP contribution in [0.2, 0.25) is 0 Å². The van der Waals surface area contributed by atoms with Crippen LogP contribution in [-0.4, -0.2) is 30.0 Å². The predicted octanol–water partition coefficient (Wildman–Crippen LogP) is 3.05. The zero-order valence-corrected chi connectivity index (χ0v) is 14.3. The van der Waals surface area contributed by atoms with E-state index in [1.807, 2.05) is 48.8 Å². The van der Waals surface area contributed by atoms with Crippen LogP contribution in [0.15, 0.2) is 41.9 Å². The Labute approximate surface area is 143 Å². The van der Waals surface area contributed by atoms with Crippen LogP contribution < -0.4 is 5.32 Å². The molecule has 5 nitrogen and oxygen atoms in total. The Balaban J connectivity index is 1.83. The Morgan fingerprint density at radius 3 is 2.79 bits per heavy atom. The molecule has 0 radical (unpaired) electrons. The summed E-state index contributed by atoms with van der Waals surface area (Å²) in [4.78, 5) is 28.3. The summed E-state index contributed by atoms with van der Waals surface area (Å²) in [6, 6.07) is 9.00. The Bertz CT molecular complexity index is 881. The number of rotatable bonds is 5. The monoisotopic (exact) mass is 342 g/mol. The highest BCUT2D eigenvalue weighted by Crippen LogP contribution is 2.20. The minimum Gasteiger partial charge on any atom is -0.467 e. The van der Waals surface area contributed by atoms with E-state index in [0.717, 1.165) is 22.0 Å². The highest BCUT2D eigenvalue weighted by atomic mass is 32.1. The van der Waals surface area contributed by atoms with Crippen molar-refractivity contribution in [3.63, 3.8) is 0 Å². The molecule has 0 aliphatic carbocycles. The number of fused-ring (bicyclic) bond motifs is 1. The lowest BCUT2D eigenvalue weighted by Crippen LogP contribution is -2.43. The second-order valence-electron chi connectivity index (χ2n) is 5.55. The number of ether oxygens (including phenoxy) is 1. The van der Waals surface area contributed by atoms with Crippen molar-refractivity contribution in [2.75, 3.05) is 7.11 Å². The van der Waals surface area contributed by atoms with Crippen LogP contribution >= 0.6 is 11.3 Å². The van der Waals surface area contributed by atoms with Crippen molar-refractivity contribution in [2.45, 2.75) is 19.4 Å². The molecule has 1 amide bonds. The number of hydrogen-bond acceptors (Lipinski definition) is 4. The van der Waals surface area contributed by atoms with Gasteiger partial charge in [0.25, 0.3) is 5.91 Å². The molecule has 0 bridgehead atoms. The molecule has 2 N–H and O–H groups in total. The van der Waals surface area contributed by atoms with Crippen molar-refractivity contribution in [1.29, 1.82) is 0 Å². The van der Waals surface area contributed by atoms with Crippen molar-refractivity contribution < 1.29 is 14.3 Å². The smallest absolute Gasteiger partial charge is 0.328 e. The van der Waals surface area contributed by atoms with E-state index < -0.39 is 12.0 Å². The molecule has 0 aliphatic rings. The van der Waals surface area contributed by atoms with Gasteiger partial charge in [-0.1, -0.05) is 18.2 Å². The third-order valence-electron chi connectivity index (χ3n) is 3.96. The first-order valence-corrected chi connectivity index (χ1v) is 8.46. The van der Waals surface area contributed by atoms with Gasteiger partial charge in [-0.05, 0) is 35.6 Å². The molecule has 0 fully saturated rings. The molecule has 0 saturated carbocycles. The van der Waals surface area contributed by atoms with Gasteiger partial charge in [0.15, 0.2) is 0 Å². The van der Waals surface area contributed by atoms with Crippen LogP contribution in [0.5, 0.6) is 0 Å². The molecular formula is C18H18N2O3S. The summed E-state index contributed by atoms with van der Waals surface area (Å²) in [5, 5.41) is 5.69. The number of aromatic nitrogens is 1. The molecule has 2 aromatic heterocycles. The standard InChI is InChI=1S/C18H18N2O3S/c1-11-7-8-24-16(11)17(21)20-15(18(22)23-2)9-12-10-19-14-6-4-3-5-13(12)14/h3-8,10,15,19H,9H2,1-2H3,(H,20,21). The second kappa shape index (κ2) is 6.88. The summed E-state index contributed by atoms with van der Waals surface area (Å²) >= 11 is 1.36. The fraction of sp³-hybridized carbons (Fsp3) is 0.222. The molecule has 2 heterocycles. The average Bonchev–Trinajstić information content (AvgIpc) is 3.20. The van der Waals surface area contributed by atoms with Crippen LogP contribution in [0.1, 0.15) is 20.8 Å². The van der Waals surface area contributed by atoms with E-state index in [2.05, 4.69) is 10.3 Å². The predicted molar refractivity (Wildman–Crippen MR) is 94.3 cm³/mol. The topological polar surface area (TPSA) is 71.2 Å². The van der Waals surface area contributed by atoms with Crippen LogP contribution in [0, 0.1) is 6.92 Å². The average molecular weight is 342 g/mol. The number of amides is 1. The zero-order chi connectivity index (χ0) is 17.1. The second-order valence-corrected chi connectivity index (χ2v) is 6.46. The lowest BCUT2D eigenvalue weighted by molar-refractivity contribution is -0.142. The number of benzene rings is 1. The van der Waals surface area contributed by atoms with Crippen LogP contribution in [-0.2, 0) is 16.0 Å². The highest BCUT2D eigenvalue weighted by Gasteiger charge is 2.24. The maximum atomic E-state index is 12.4. The van der Waals surface area contributed by atoms with E-state index in [-0.39, 0.29) is 5.91 Å². The van der Waals surface area contributed by atoms with Crippen molar-refractivity contribution in [2.24, 2.45) is 0 Å². The Morgan fingerprint density at radius 1 is 1.29 bits per heavy atom. The molecule has 3 aromatic rings. The summed E-state index contributed by atoms with van der Waals surface area (Å²) in [5.41, 5.74) is 2.86. The van der Waals surface area contributed by atoms with Gasteiger partial charge in [0.1, 0.15) is 6.04 Å². The van der Waals surface area contributed by atoms with Gasteiger partial charge >= 0.3 is 5.97 Å². The SMILES string of the molecule is COC(=O)C(Cc1c[nH]c2ccccc12)NC(=O)c1sccc1C. The van der Waals surface area contributed by atoms with E-state index in [4.69, 9.17) is 4.74 Å². The molecule has 24 heavy (non-hydrogen) atoms. The van der Waals surface area contributed by atoms with Gasteiger partial charge in [-0.3, -0.25) is 4.79 Å². The fourth-order valence-electron chi connectivity index (χ4n) is 2.69. The number of carbonyl (C=O) groups is 2. The minimum absolute atomic E-state index is 0.252. The fourth-order valence-corrected chi connectivity index (χ4v) is 3.51. The highest BCUT2D eigenvalue weighted by molar-refractivity contribution is 7.12. The van der Waals surface area contributed by atoms with Crippen LogP contribution in [0.25, 0.3) is 10.9 Å². The van der Waals surface area contributed by atoms with Gasteiger partial charge < -0.3 is 15.0 Å². The number of aryl methyl sites for hydroxylation is 1. The summed E-state index contributed by atoms with van der Waals surface area (Å²) in [6.45, 7) is 1.87. The number of thiophene rings is 1. The number of methoxy groups -OCH3 is 1. The number of carbonyl (C=O) groups excluding carboxylic acids is 2. The molecule has 1 aromatic carbocycles. The number of aromatic amines is 1. The van der Waals surface area contributed by atoms with E-state index in [9.17, 15) is 9.59 Å². The maximum Gasteiger partial charge on any atom is 0.328 e. The number of H-pyrrole nitrogens is 1. The van der Waals surface area contributed by atoms with Gasteiger partial charge in [0, 0.05) is 23.5 Å². The van der Waals surface area contributed by atoms with E-state index in [0.29, 0.717) is 11.3 Å². The first kappa shape index (κ1) is 16.3. The molecule has 6 heteroatoms. The Hall–Kier alpha value is -2.60. The third-order valence-corrected chi connectivity index (χ3v) is 4.97. The molecular weight excluding hydrogens is 324 g/mol. The first-order chi connectivity index (χ1) is 11.6. The van der Waals surface area contributed by atoms with E-state index in [1.54, 1.807) is 0 Å². The Kier molecular flexibility index (Phi) is 4.66. The van der Waals surface area contributed by atoms with Gasteiger partial charge in [-0.2, -0.15) is 0 Å². The summed E-state index contributed by atoms with van der Waals surface area (Å²) < 4.78 is 4.86. The zero-order valence-electron chi connectivity index (χ0n) is 13.5. The van der Waals surface area contributed by atoms with Crippen molar-refractivity contribution in [3.8, 4) is 0 Å². The largest absolute Gasteiger partial charge is 0.467 e. The Morgan fingerprint density at radius 2 is 2.08 bits per heavy atom. The van der Waals surface area contributed by atoms with Crippen molar-refractivity contribution >= 4 is 34.1 Å². The van der Waals surface area contributed by atoms with Crippen molar-refractivity contribution in [3.05, 3.63) is 57.9 Å². The maximum absolute atomic E-state index is 12.4. The molecule has 0 aliphatic heterocycles. The number of hydrogen-bond donors (Lipinski definition) is 2. The lowest BCUT2D eigenvalue weighted by Gasteiger charge is -2.16. The van der Waals surface area contributed by atoms with E-state index >= 15 is 0 Å². The first-order valence-electron chi connectivity index (χ1n) is 7.58.